The van der Waals surface area contributed by atoms with Gasteiger partial charge < -0.3 is 5.73 Å². The smallest absolute Gasteiger partial charge is 0.237 e. The summed E-state index contributed by atoms with van der Waals surface area (Å²) in [4.78, 5) is 15.9. The van der Waals surface area contributed by atoms with E-state index in [4.69, 9.17) is 5.73 Å². The third-order valence-corrected chi connectivity index (χ3v) is 3.99. The first-order valence-corrected chi connectivity index (χ1v) is 6.82. The number of nitrogens with zero attached hydrogens (tertiary/aromatic N) is 1. The molecular weight excluding hydrogens is 250 g/mol. The van der Waals surface area contributed by atoms with Gasteiger partial charge in [-0.2, -0.15) is 0 Å². The Bertz CT molecular complexity index is 624. The van der Waals surface area contributed by atoms with Crippen LogP contribution in [0, 0.1) is 5.92 Å². The van der Waals surface area contributed by atoms with Gasteiger partial charge in [0.25, 0.3) is 0 Å². The third-order valence-electron chi connectivity index (χ3n) is 3.99. The van der Waals surface area contributed by atoms with Gasteiger partial charge in [-0.15, -0.1) is 0 Å². The predicted molar refractivity (Wildman–Crippen MR) is 81.0 cm³/mol. The lowest BCUT2D eigenvalue weighted by Gasteiger charge is -2.31. The number of amides is 1. The summed E-state index contributed by atoms with van der Waals surface area (Å²) in [6.07, 6.45) is 1.78. The zero-order valence-corrected chi connectivity index (χ0v) is 12.2. The van der Waals surface area contributed by atoms with Crippen LogP contribution < -0.4 is 11.1 Å². The zero-order chi connectivity index (χ0) is 14.8. The van der Waals surface area contributed by atoms with Crippen molar-refractivity contribution >= 4 is 16.8 Å². The number of aromatic nitrogens is 1. The standard InChI is InChI=1S/C16H21N3O/c1-11(2)16(3,15(17)20)19-10-12-6-7-14-13(9-12)5-4-8-18-14/h4-9,11,19H,10H2,1-3H3,(H2,17,20). The highest BCUT2D eigenvalue weighted by Gasteiger charge is 2.33. The molecule has 0 aliphatic carbocycles. The van der Waals surface area contributed by atoms with Gasteiger partial charge in [0.1, 0.15) is 0 Å². The lowest BCUT2D eigenvalue weighted by molar-refractivity contribution is -0.125. The van der Waals surface area contributed by atoms with Crippen LogP contribution in [0.4, 0.5) is 0 Å². The third kappa shape index (κ3) is 2.80. The first kappa shape index (κ1) is 14.5. The Morgan fingerprint density at radius 1 is 1.40 bits per heavy atom. The molecule has 0 radical (unpaired) electrons. The molecule has 0 saturated heterocycles. The molecular formula is C16H21N3O. The first-order chi connectivity index (χ1) is 9.43. The highest BCUT2D eigenvalue weighted by molar-refractivity contribution is 5.84. The van der Waals surface area contributed by atoms with E-state index in [2.05, 4.69) is 16.4 Å². The van der Waals surface area contributed by atoms with Crippen molar-refractivity contribution in [3.8, 4) is 0 Å². The maximum absolute atomic E-state index is 11.6. The number of nitrogens with two attached hydrogens (primary N) is 1. The molecule has 1 unspecified atom stereocenters. The molecule has 4 nitrogen and oxygen atoms in total. The molecule has 4 heteroatoms. The molecule has 3 N–H and O–H groups in total. The zero-order valence-electron chi connectivity index (χ0n) is 12.2. The van der Waals surface area contributed by atoms with Gasteiger partial charge >= 0.3 is 0 Å². The fraction of sp³-hybridized carbons (Fsp3) is 0.375. The Labute approximate surface area is 119 Å². The minimum atomic E-state index is -0.704. The van der Waals surface area contributed by atoms with Gasteiger partial charge in [0.05, 0.1) is 11.1 Å². The Morgan fingerprint density at radius 3 is 2.80 bits per heavy atom. The molecule has 20 heavy (non-hydrogen) atoms. The Morgan fingerprint density at radius 2 is 2.15 bits per heavy atom. The highest BCUT2D eigenvalue weighted by atomic mass is 16.1. The molecule has 0 spiro atoms. The average molecular weight is 271 g/mol. The van der Waals surface area contributed by atoms with Crippen LogP contribution in [0.1, 0.15) is 26.3 Å². The van der Waals surface area contributed by atoms with Gasteiger partial charge in [0.2, 0.25) is 5.91 Å². The molecule has 1 aromatic heterocycles. The molecule has 0 fully saturated rings. The minimum Gasteiger partial charge on any atom is -0.368 e. The van der Waals surface area contributed by atoms with Crippen LogP contribution >= 0.6 is 0 Å². The van der Waals surface area contributed by atoms with Crippen molar-refractivity contribution in [2.24, 2.45) is 11.7 Å². The van der Waals surface area contributed by atoms with E-state index in [-0.39, 0.29) is 11.8 Å². The molecule has 0 bridgehead atoms. The summed E-state index contributed by atoms with van der Waals surface area (Å²) in [5.74, 6) is -0.197. The molecule has 1 amide bonds. The second-order valence-electron chi connectivity index (χ2n) is 5.61. The molecule has 0 saturated carbocycles. The number of rotatable bonds is 5. The molecule has 2 rings (SSSR count). The maximum Gasteiger partial charge on any atom is 0.237 e. The molecule has 1 aromatic carbocycles. The van der Waals surface area contributed by atoms with E-state index in [0.29, 0.717) is 6.54 Å². The number of fused-ring (bicyclic) bond motifs is 1. The second kappa shape index (κ2) is 5.59. The van der Waals surface area contributed by atoms with Crippen LogP contribution in [0.2, 0.25) is 0 Å². The quantitative estimate of drug-likeness (QED) is 0.876. The summed E-state index contributed by atoms with van der Waals surface area (Å²) in [6.45, 7) is 6.43. The van der Waals surface area contributed by atoms with Crippen LogP contribution in [0.25, 0.3) is 10.9 Å². The molecule has 106 valence electrons. The monoisotopic (exact) mass is 271 g/mol. The second-order valence-corrected chi connectivity index (χ2v) is 5.61. The van der Waals surface area contributed by atoms with E-state index >= 15 is 0 Å². The van der Waals surface area contributed by atoms with E-state index in [9.17, 15) is 4.79 Å². The average Bonchev–Trinajstić information content (AvgIpc) is 2.44. The van der Waals surface area contributed by atoms with Crippen molar-refractivity contribution in [2.45, 2.75) is 32.9 Å². The SMILES string of the molecule is CC(C)C(C)(NCc1ccc2ncccc2c1)C(N)=O. The van der Waals surface area contributed by atoms with Crippen molar-refractivity contribution in [1.29, 1.82) is 0 Å². The van der Waals surface area contributed by atoms with Crippen molar-refractivity contribution in [1.82, 2.24) is 10.3 Å². The number of carbonyl (C=O) groups is 1. The normalized spacial score (nSPS) is 14.4. The van der Waals surface area contributed by atoms with Crippen molar-refractivity contribution in [3.05, 3.63) is 42.1 Å². The van der Waals surface area contributed by atoms with Gasteiger partial charge in [-0.1, -0.05) is 26.0 Å². The number of carbonyl (C=O) groups excluding carboxylic acids is 1. The van der Waals surface area contributed by atoms with E-state index in [1.54, 1.807) is 6.20 Å². The van der Waals surface area contributed by atoms with Gasteiger partial charge in [0.15, 0.2) is 0 Å². The molecule has 0 aliphatic heterocycles. The summed E-state index contributed by atoms with van der Waals surface area (Å²) in [5.41, 5.74) is 6.89. The van der Waals surface area contributed by atoms with E-state index in [0.717, 1.165) is 16.5 Å². The van der Waals surface area contributed by atoms with Crippen molar-refractivity contribution < 1.29 is 4.79 Å². The van der Waals surface area contributed by atoms with Crippen LogP contribution in [0.3, 0.4) is 0 Å². The summed E-state index contributed by atoms with van der Waals surface area (Å²) in [7, 11) is 0. The predicted octanol–water partition coefficient (Wildman–Crippen LogP) is 2.22. The number of hydrogen-bond donors (Lipinski definition) is 2. The minimum absolute atomic E-state index is 0.127. The van der Waals surface area contributed by atoms with Crippen LogP contribution in [-0.2, 0) is 11.3 Å². The highest BCUT2D eigenvalue weighted by Crippen LogP contribution is 2.18. The first-order valence-electron chi connectivity index (χ1n) is 6.82. The molecule has 2 aromatic rings. The van der Waals surface area contributed by atoms with Gasteiger partial charge in [-0.05, 0) is 36.6 Å². The number of hydrogen-bond acceptors (Lipinski definition) is 3. The van der Waals surface area contributed by atoms with Gasteiger partial charge in [-0.3, -0.25) is 15.1 Å². The number of primary amides is 1. The number of nitrogens with one attached hydrogen (secondary N) is 1. The topological polar surface area (TPSA) is 68.0 Å². The number of pyridine rings is 1. The fourth-order valence-electron chi connectivity index (χ4n) is 2.10. The van der Waals surface area contributed by atoms with Gasteiger partial charge in [0, 0.05) is 18.1 Å². The molecule has 0 aliphatic rings. The van der Waals surface area contributed by atoms with E-state index in [1.165, 1.54) is 0 Å². The van der Waals surface area contributed by atoms with Gasteiger partial charge in [-0.25, -0.2) is 0 Å². The van der Waals surface area contributed by atoms with Crippen molar-refractivity contribution in [3.63, 3.8) is 0 Å². The largest absolute Gasteiger partial charge is 0.368 e. The Hall–Kier alpha value is -1.94. The number of benzene rings is 1. The summed E-state index contributed by atoms with van der Waals surface area (Å²) >= 11 is 0. The molecule has 1 atom stereocenters. The lowest BCUT2D eigenvalue weighted by Crippen LogP contribution is -2.56. The summed E-state index contributed by atoms with van der Waals surface area (Å²) in [5, 5.41) is 4.38. The van der Waals surface area contributed by atoms with E-state index in [1.807, 2.05) is 45.0 Å². The Balaban J connectivity index is 2.18. The van der Waals surface area contributed by atoms with Crippen molar-refractivity contribution in [2.75, 3.05) is 0 Å². The molecule has 1 heterocycles. The lowest BCUT2D eigenvalue weighted by atomic mass is 9.87. The maximum atomic E-state index is 11.6. The summed E-state index contributed by atoms with van der Waals surface area (Å²) in [6, 6.07) is 10.0. The van der Waals surface area contributed by atoms with E-state index < -0.39 is 5.54 Å². The van der Waals surface area contributed by atoms with Crippen LogP contribution in [0.5, 0.6) is 0 Å². The van der Waals surface area contributed by atoms with Crippen LogP contribution in [-0.4, -0.2) is 16.4 Å². The van der Waals surface area contributed by atoms with Crippen LogP contribution in [0.15, 0.2) is 36.5 Å². The fourth-order valence-corrected chi connectivity index (χ4v) is 2.10. The Kier molecular flexibility index (Phi) is 4.04. The summed E-state index contributed by atoms with van der Waals surface area (Å²) < 4.78 is 0.